The number of hydrogen-bond acceptors (Lipinski definition) is 2. The minimum atomic E-state index is 0.165. The van der Waals surface area contributed by atoms with Crippen molar-refractivity contribution in [3.63, 3.8) is 0 Å². The molecule has 0 radical (unpaired) electrons. The summed E-state index contributed by atoms with van der Waals surface area (Å²) in [7, 11) is 0. The molecule has 0 saturated heterocycles. The van der Waals surface area contributed by atoms with Crippen molar-refractivity contribution in [2.24, 2.45) is 11.8 Å². The SMILES string of the molecule is CCC1CCC(C(=O)NCc2cccc(O)c2)CC1. The second kappa shape index (κ2) is 6.60. The van der Waals surface area contributed by atoms with Gasteiger partial charge in [0.1, 0.15) is 5.75 Å². The predicted molar refractivity (Wildman–Crippen MR) is 75.7 cm³/mol. The maximum Gasteiger partial charge on any atom is 0.223 e. The van der Waals surface area contributed by atoms with E-state index < -0.39 is 0 Å². The highest BCUT2D eigenvalue weighted by atomic mass is 16.3. The summed E-state index contributed by atoms with van der Waals surface area (Å²) < 4.78 is 0. The highest BCUT2D eigenvalue weighted by molar-refractivity contribution is 5.78. The van der Waals surface area contributed by atoms with Crippen LogP contribution in [0, 0.1) is 11.8 Å². The molecule has 19 heavy (non-hydrogen) atoms. The van der Waals surface area contributed by atoms with E-state index in [9.17, 15) is 9.90 Å². The van der Waals surface area contributed by atoms with Gasteiger partial charge < -0.3 is 10.4 Å². The molecule has 3 heteroatoms. The first-order valence-corrected chi connectivity index (χ1v) is 7.24. The molecule has 1 aliphatic carbocycles. The zero-order valence-electron chi connectivity index (χ0n) is 11.6. The first-order valence-electron chi connectivity index (χ1n) is 7.24. The van der Waals surface area contributed by atoms with Gasteiger partial charge >= 0.3 is 0 Å². The van der Waals surface area contributed by atoms with Crippen molar-refractivity contribution >= 4 is 5.91 Å². The maximum absolute atomic E-state index is 12.1. The summed E-state index contributed by atoms with van der Waals surface area (Å²) in [4.78, 5) is 12.1. The Hall–Kier alpha value is -1.51. The van der Waals surface area contributed by atoms with Crippen LogP contribution in [0.1, 0.15) is 44.6 Å². The number of phenols is 1. The molecule has 0 aromatic heterocycles. The number of amides is 1. The van der Waals surface area contributed by atoms with E-state index in [2.05, 4.69) is 12.2 Å². The summed E-state index contributed by atoms with van der Waals surface area (Å²) in [6.07, 6.45) is 5.63. The van der Waals surface area contributed by atoms with Crippen LogP contribution in [0.4, 0.5) is 0 Å². The van der Waals surface area contributed by atoms with E-state index >= 15 is 0 Å². The fourth-order valence-electron chi connectivity index (χ4n) is 2.83. The van der Waals surface area contributed by atoms with E-state index in [0.717, 1.165) is 24.3 Å². The largest absolute Gasteiger partial charge is 0.508 e. The molecule has 104 valence electrons. The third-order valence-electron chi connectivity index (χ3n) is 4.17. The normalized spacial score (nSPS) is 23.0. The molecule has 0 aliphatic heterocycles. The molecular weight excluding hydrogens is 238 g/mol. The van der Waals surface area contributed by atoms with Gasteiger partial charge in [-0.15, -0.1) is 0 Å². The number of carbonyl (C=O) groups excluding carboxylic acids is 1. The van der Waals surface area contributed by atoms with E-state index in [-0.39, 0.29) is 17.6 Å². The third-order valence-corrected chi connectivity index (χ3v) is 4.17. The predicted octanol–water partition coefficient (Wildman–Crippen LogP) is 3.22. The van der Waals surface area contributed by atoms with Gasteiger partial charge in [-0.3, -0.25) is 4.79 Å². The lowest BCUT2D eigenvalue weighted by atomic mass is 9.80. The van der Waals surface area contributed by atoms with Crippen molar-refractivity contribution < 1.29 is 9.90 Å². The van der Waals surface area contributed by atoms with Crippen LogP contribution in [0.15, 0.2) is 24.3 Å². The van der Waals surface area contributed by atoms with E-state index in [1.54, 1.807) is 18.2 Å². The third kappa shape index (κ3) is 3.98. The summed E-state index contributed by atoms with van der Waals surface area (Å²) in [5.41, 5.74) is 0.940. The average Bonchev–Trinajstić information content (AvgIpc) is 2.45. The first-order chi connectivity index (χ1) is 9.19. The lowest BCUT2D eigenvalue weighted by Gasteiger charge is -2.26. The minimum Gasteiger partial charge on any atom is -0.508 e. The zero-order valence-corrected chi connectivity index (χ0v) is 11.6. The molecule has 1 aliphatic rings. The summed E-state index contributed by atoms with van der Waals surface area (Å²) in [6.45, 7) is 2.73. The van der Waals surface area contributed by atoms with Gasteiger partial charge in [-0.25, -0.2) is 0 Å². The molecule has 0 atom stereocenters. The molecule has 0 heterocycles. The van der Waals surface area contributed by atoms with Crippen molar-refractivity contribution in [3.8, 4) is 5.75 Å². The summed E-state index contributed by atoms with van der Waals surface area (Å²) in [5.74, 6) is 1.41. The number of hydrogen-bond donors (Lipinski definition) is 2. The Morgan fingerprint density at radius 3 is 2.68 bits per heavy atom. The quantitative estimate of drug-likeness (QED) is 0.874. The Morgan fingerprint density at radius 2 is 2.05 bits per heavy atom. The Morgan fingerprint density at radius 1 is 1.32 bits per heavy atom. The van der Waals surface area contributed by atoms with E-state index in [4.69, 9.17) is 0 Å². The Balaban J connectivity index is 1.79. The highest BCUT2D eigenvalue weighted by Crippen LogP contribution is 2.30. The number of nitrogens with one attached hydrogen (secondary N) is 1. The van der Waals surface area contributed by atoms with Crippen LogP contribution >= 0.6 is 0 Å². The van der Waals surface area contributed by atoms with Gasteiger partial charge in [-0.05, 0) is 49.3 Å². The van der Waals surface area contributed by atoms with Crippen LogP contribution in [0.3, 0.4) is 0 Å². The van der Waals surface area contributed by atoms with Crippen LogP contribution in [-0.2, 0) is 11.3 Å². The minimum absolute atomic E-state index is 0.165. The van der Waals surface area contributed by atoms with Gasteiger partial charge in [-0.2, -0.15) is 0 Å². The standard InChI is InChI=1S/C16H23NO2/c1-2-12-6-8-14(9-7-12)16(19)17-11-13-4-3-5-15(18)10-13/h3-5,10,12,14,18H,2,6-9,11H2,1H3,(H,17,19). The average molecular weight is 261 g/mol. The number of benzene rings is 1. The number of phenolic OH excluding ortho intramolecular Hbond substituents is 1. The van der Waals surface area contributed by atoms with E-state index in [0.29, 0.717) is 6.54 Å². The molecule has 1 fully saturated rings. The smallest absolute Gasteiger partial charge is 0.223 e. The van der Waals surface area contributed by atoms with Crippen LogP contribution < -0.4 is 5.32 Å². The Labute approximate surface area is 115 Å². The molecule has 0 bridgehead atoms. The first kappa shape index (κ1) is 13.9. The van der Waals surface area contributed by atoms with Crippen LogP contribution in [-0.4, -0.2) is 11.0 Å². The molecule has 0 spiro atoms. The topological polar surface area (TPSA) is 49.3 Å². The summed E-state index contributed by atoms with van der Waals surface area (Å²) in [5, 5.41) is 12.3. The second-order valence-electron chi connectivity index (χ2n) is 5.51. The lowest BCUT2D eigenvalue weighted by Crippen LogP contribution is -2.32. The molecule has 2 N–H and O–H groups in total. The van der Waals surface area contributed by atoms with Gasteiger partial charge in [0.25, 0.3) is 0 Å². The van der Waals surface area contributed by atoms with E-state index in [1.807, 2.05) is 6.07 Å². The van der Waals surface area contributed by atoms with Gasteiger partial charge in [0.05, 0.1) is 0 Å². The summed E-state index contributed by atoms with van der Waals surface area (Å²) >= 11 is 0. The van der Waals surface area contributed by atoms with Gasteiger partial charge in [-0.1, -0.05) is 25.5 Å². The van der Waals surface area contributed by atoms with Crippen LogP contribution in [0.25, 0.3) is 0 Å². The van der Waals surface area contributed by atoms with E-state index in [1.165, 1.54) is 19.3 Å². The maximum atomic E-state index is 12.1. The molecule has 1 aromatic rings. The van der Waals surface area contributed by atoms with Crippen molar-refractivity contribution in [1.29, 1.82) is 0 Å². The molecule has 2 rings (SSSR count). The molecule has 1 amide bonds. The highest BCUT2D eigenvalue weighted by Gasteiger charge is 2.25. The lowest BCUT2D eigenvalue weighted by molar-refractivity contribution is -0.126. The number of carbonyl (C=O) groups is 1. The van der Waals surface area contributed by atoms with Crippen molar-refractivity contribution in [2.45, 2.75) is 45.6 Å². The summed E-state index contributed by atoms with van der Waals surface area (Å²) in [6, 6.07) is 7.03. The van der Waals surface area contributed by atoms with Crippen molar-refractivity contribution in [1.82, 2.24) is 5.32 Å². The van der Waals surface area contributed by atoms with Gasteiger partial charge in [0.2, 0.25) is 5.91 Å². The number of aromatic hydroxyl groups is 1. The molecule has 3 nitrogen and oxygen atoms in total. The van der Waals surface area contributed by atoms with Crippen LogP contribution in [0.5, 0.6) is 5.75 Å². The Bertz CT molecular complexity index is 423. The zero-order chi connectivity index (χ0) is 13.7. The van der Waals surface area contributed by atoms with Crippen LogP contribution in [0.2, 0.25) is 0 Å². The molecular formula is C16H23NO2. The molecule has 1 saturated carbocycles. The fourth-order valence-corrected chi connectivity index (χ4v) is 2.83. The van der Waals surface area contributed by atoms with Crippen molar-refractivity contribution in [2.75, 3.05) is 0 Å². The monoisotopic (exact) mass is 261 g/mol. The number of rotatable bonds is 4. The van der Waals surface area contributed by atoms with Gasteiger partial charge in [0.15, 0.2) is 0 Å². The second-order valence-corrected chi connectivity index (χ2v) is 5.51. The molecule has 1 aromatic carbocycles. The fraction of sp³-hybridized carbons (Fsp3) is 0.562. The Kier molecular flexibility index (Phi) is 4.83. The van der Waals surface area contributed by atoms with Crippen molar-refractivity contribution in [3.05, 3.63) is 29.8 Å². The molecule has 0 unspecified atom stereocenters. The van der Waals surface area contributed by atoms with Gasteiger partial charge in [0, 0.05) is 12.5 Å².